The molecule has 1 unspecified atom stereocenters. The fraction of sp³-hybridized carbons (Fsp3) is 0.200. The number of anilines is 2. The highest BCUT2D eigenvalue weighted by atomic mass is 35.5. The van der Waals surface area contributed by atoms with E-state index < -0.39 is 0 Å². The van der Waals surface area contributed by atoms with Crippen LogP contribution in [0.4, 0.5) is 11.4 Å². The van der Waals surface area contributed by atoms with Crippen LogP contribution >= 0.6 is 12.4 Å². The molecule has 0 saturated heterocycles. The lowest BCUT2D eigenvalue weighted by molar-refractivity contribution is 0.474. The Hall–Kier alpha value is -1.91. The fourth-order valence-electron chi connectivity index (χ4n) is 1.96. The zero-order valence-electron chi connectivity index (χ0n) is 11.3. The summed E-state index contributed by atoms with van der Waals surface area (Å²) in [7, 11) is 0. The minimum Gasteiger partial charge on any atom is -0.508 e. The average molecular weight is 294 g/mol. The Morgan fingerprint density at radius 1 is 1.10 bits per heavy atom. The highest BCUT2D eigenvalue weighted by Crippen LogP contribution is 2.23. The summed E-state index contributed by atoms with van der Waals surface area (Å²) in [5.74, 6) is 0.275. The van der Waals surface area contributed by atoms with Crippen LogP contribution in [0, 0.1) is 0 Å². The molecule has 0 aliphatic heterocycles. The number of nitrogens with two attached hydrogens (primary N) is 2. The van der Waals surface area contributed by atoms with Gasteiger partial charge in [-0.1, -0.05) is 12.1 Å². The summed E-state index contributed by atoms with van der Waals surface area (Å²) >= 11 is 0. The molecule has 20 heavy (non-hydrogen) atoms. The number of benzene rings is 2. The third-order valence-electron chi connectivity index (χ3n) is 3.13. The Morgan fingerprint density at radius 3 is 2.40 bits per heavy atom. The molecule has 2 rings (SSSR count). The largest absolute Gasteiger partial charge is 0.508 e. The topological polar surface area (TPSA) is 84.3 Å². The van der Waals surface area contributed by atoms with E-state index in [1.807, 2.05) is 31.2 Å². The number of phenols is 1. The van der Waals surface area contributed by atoms with Crippen molar-refractivity contribution in [1.29, 1.82) is 0 Å². The predicted octanol–water partition coefficient (Wildman–Crippen LogP) is 2.83. The second kappa shape index (κ2) is 7.03. The maximum Gasteiger partial charge on any atom is 0.115 e. The zero-order valence-corrected chi connectivity index (χ0v) is 12.2. The van der Waals surface area contributed by atoms with E-state index in [0.717, 1.165) is 16.8 Å². The average Bonchev–Trinajstić information content (AvgIpc) is 2.40. The number of halogens is 1. The van der Waals surface area contributed by atoms with Crippen molar-refractivity contribution in [2.75, 3.05) is 11.5 Å². The molecule has 6 N–H and O–H groups in total. The first-order chi connectivity index (χ1) is 9.06. The number of phenolic OH excluding ortho intramolecular Hbond substituents is 1. The lowest BCUT2D eigenvalue weighted by Gasteiger charge is -2.17. The SMILES string of the molecule is CC(NCc1ccc(O)cc1)c1cc(N)ccc1N.Cl. The number of rotatable bonds is 4. The lowest BCUT2D eigenvalue weighted by Crippen LogP contribution is -2.19. The van der Waals surface area contributed by atoms with Gasteiger partial charge in [-0.15, -0.1) is 12.4 Å². The molecule has 0 bridgehead atoms. The summed E-state index contributed by atoms with van der Waals surface area (Å²) in [6.45, 7) is 2.75. The molecule has 2 aromatic rings. The van der Waals surface area contributed by atoms with Gasteiger partial charge in [-0.25, -0.2) is 0 Å². The van der Waals surface area contributed by atoms with Gasteiger partial charge in [-0.2, -0.15) is 0 Å². The summed E-state index contributed by atoms with van der Waals surface area (Å²) in [6, 6.07) is 12.7. The summed E-state index contributed by atoms with van der Waals surface area (Å²) in [4.78, 5) is 0. The van der Waals surface area contributed by atoms with Gasteiger partial charge in [-0.05, 0) is 48.4 Å². The first-order valence-corrected chi connectivity index (χ1v) is 6.22. The summed E-state index contributed by atoms with van der Waals surface area (Å²) in [5.41, 5.74) is 15.3. The zero-order chi connectivity index (χ0) is 13.8. The molecule has 0 heterocycles. The molecule has 0 amide bonds. The second-order valence-electron chi connectivity index (χ2n) is 4.66. The molecule has 0 fully saturated rings. The molecule has 0 spiro atoms. The van der Waals surface area contributed by atoms with Gasteiger partial charge in [0.2, 0.25) is 0 Å². The van der Waals surface area contributed by atoms with Crippen LogP contribution in [0.25, 0.3) is 0 Å². The number of aromatic hydroxyl groups is 1. The Kier molecular flexibility index (Phi) is 5.67. The minimum atomic E-state index is 0. The number of nitrogens with one attached hydrogen (secondary N) is 1. The van der Waals surface area contributed by atoms with Crippen LogP contribution in [-0.2, 0) is 6.54 Å². The van der Waals surface area contributed by atoms with Crippen molar-refractivity contribution in [3.63, 3.8) is 0 Å². The molecule has 0 aliphatic rings. The highest BCUT2D eigenvalue weighted by Gasteiger charge is 2.09. The Balaban J connectivity index is 0.00000200. The van der Waals surface area contributed by atoms with Crippen molar-refractivity contribution in [2.24, 2.45) is 0 Å². The molecule has 0 saturated carbocycles. The van der Waals surface area contributed by atoms with Gasteiger partial charge in [0.05, 0.1) is 0 Å². The molecular formula is C15H20ClN3O. The third kappa shape index (κ3) is 4.05. The number of nitrogen functional groups attached to an aromatic ring is 2. The Labute approximate surface area is 125 Å². The van der Waals surface area contributed by atoms with Gasteiger partial charge in [0, 0.05) is 24.0 Å². The van der Waals surface area contributed by atoms with E-state index in [4.69, 9.17) is 11.5 Å². The summed E-state index contributed by atoms with van der Waals surface area (Å²) in [6.07, 6.45) is 0. The van der Waals surface area contributed by atoms with Crippen LogP contribution in [0.2, 0.25) is 0 Å². The van der Waals surface area contributed by atoms with Crippen LogP contribution < -0.4 is 16.8 Å². The van der Waals surface area contributed by atoms with Crippen LogP contribution in [-0.4, -0.2) is 5.11 Å². The van der Waals surface area contributed by atoms with Gasteiger partial charge >= 0.3 is 0 Å². The molecule has 108 valence electrons. The van der Waals surface area contributed by atoms with Crippen molar-refractivity contribution in [1.82, 2.24) is 5.32 Å². The van der Waals surface area contributed by atoms with Gasteiger partial charge < -0.3 is 21.9 Å². The van der Waals surface area contributed by atoms with Crippen LogP contribution in [0.5, 0.6) is 5.75 Å². The molecule has 1 atom stereocenters. The van der Waals surface area contributed by atoms with Crippen molar-refractivity contribution in [3.8, 4) is 5.75 Å². The van der Waals surface area contributed by atoms with Crippen molar-refractivity contribution >= 4 is 23.8 Å². The van der Waals surface area contributed by atoms with E-state index in [9.17, 15) is 5.11 Å². The van der Waals surface area contributed by atoms with Crippen LogP contribution in [0.15, 0.2) is 42.5 Å². The molecule has 0 radical (unpaired) electrons. The van der Waals surface area contributed by atoms with Crippen molar-refractivity contribution in [3.05, 3.63) is 53.6 Å². The highest BCUT2D eigenvalue weighted by molar-refractivity contribution is 5.85. The smallest absolute Gasteiger partial charge is 0.115 e. The maximum absolute atomic E-state index is 9.23. The third-order valence-corrected chi connectivity index (χ3v) is 3.13. The van der Waals surface area contributed by atoms with E-state index in [2.05, 4.69) is 5.32 Å². The molecule has 4 nitrogen and oxygen atoms in total. The first-order valence-electron chi connectivity index (χ1n) is 6.22. The molecule has 5 heteroatoms. The fourth-order valence-corrected chi connectivity index (χ4v) is 1.96. The number of hydrogen-bond acceptors (Lipinski definition) is 4. The number of hydrogen-bond donors (Lipinski definition) is 4. The summed E-state index contributed by atoms with van der Waals surface area (Å²) in [5, 5.41) is 12.6. The van der Waals surface area contributed by atoms with Crippen LogP contribution in [0.1, 0.15) is 24.1 Å². The quantitative estimate of drug-likeness (QED) is 0.653. The normalized spacial score (nSPS) is 11.7. The minimum absolute atomic E-state index is 0. The molecular weight excluding hydrogens is 274 g/mol. The molecule has 2 aromatic carbocycles. The Bertz CT molecular complexity index is 558. The first kappa shape index (κ1) is 16.1. The van der Waals surface area contributed by atoms with E-state index in [1.54, 1.807) is 18.2 Å². The predicted molar refractivity (Wildman–Crippen MR) is 85.9 cm³/mol. The maximum atomic E-state index is 9.23. The monoisotopic (exact) mass is 293 g/mol. The second-order valence-corrected chi connectivity index (χ2v) is 4.66. The Morgan fingerprint density at radius 2 is 1.75 bits per heavy atom. The van der Waals surface area contributed by atoms with E-state index in [-0.39, 0.29) is 24.2 Å². The van der Waals surface area contributed by atoms with E-state index in [0.29, 0.717) is 12.2 Å². The molecule has 0 aromatic heterocycles. The van der Waals surface area contributed by atoms with E-state index >= 15 is 0 Å². The lowest BCUT2D eigenvalue weighted by atomic mass is 10.0. The van der Waals surface area contributed by atoms with E-state index in [1.165, 1.54) is 0 Å². The van der Waals surface area contributed by atoms with Crippen molar-refractivity contribution < 1.29 is 5.11 Å². The molecule has 0 aliphatic carbocycles. The van der Waals surface area contributed by atoms with Crippen molar-refractivity contribution in [2.45, 2.75) is 19.5 Å². The van der Waals surface area contributed by atoms with Gasteiger partial charge in [0.15, 0.2) is 0 Å². The van der Waals surface area contributed by atoms with Gasteiger partial charge in [-0.3, -0.25) is 0 Å². The standard InChI is InChI=1S/C15H19N3O.ClH/c1-10(14-8-12(16)4-7-15(14)17)18-9-11-2-5-13(19)6-3-11;/h2-8,10,18-19H,9,16-17H2,1H3;1H. The van der Waals surface area contributed by atoms with Crippen LogP contribution in [0.3, 0.4) is 0 Å². The van der Waals surface area contributed by atoms with Gasteiger partial charge in [0.1, 0.15) is 5.75 Å². The van der Waals surface area contributed by atoms with Gasteiger partial charge in [0.25, 0.3) is 0 Å². The summed E-state index contributed by atoms with van der Waals surface area (Å²) < 4.78 is 0.